The molecule has 0 saturated heterocycles. The van der Waals surface area contributed by atoms with Crippen LogP contribution in [0.15, 0.2) is 41.3 Å². The zero-order chi connectivity index (χ0) is 21.8. The van der Waals surface area contributed by atoms with Gasteiger partial charge < -0.3 is 9.47 Å². The first-order chi connectivity index (χ1) is 13.6. The Bertz CT molecular complexity index is 1030. The number of hydrogen-bond donors (Lipinski definition) is 0. The van der Waals surface area contributed by atoms with Crippen molar-refractivity contribution in [3.05, 3.63) is 57.6 Å². The van der Waals surface area contributed by atoms with Crippen LogP contribution in [0.5, 0.6) is 5.75 Å². The molecule has 2 rings (SSSR count). The number of benzene rings is 2. The highest BCUT2D eigenvalue weighted by Crippen LogP contribution is 2.31. The molecule has 0 aromatic heterocycles. The van der Waals surface area contributed by atoms with E-state index in [-0.39, 0.29) is 22.9 Å². The fraction of sp³-hybridized carbons (Fsp3) is 0.316. The number of rotatable bonds is 8. The fourth-order valence-corrected chi connectivity index (χ4v) is 4.29. The zero-order valence-electron chi connectivity index (χ0n) is 16.5. The normalized spacial score (nSPS) is 11.0. The summed E-state index contributed by atoms with van der Waals surface area (Å²) >= 11 is 0. The van der Waals surface area contributed by atoms with Gasteiger partial charge >= 0.3 is 5.97 Å². The Labute approximate surface area is 169 Å². The lowest BCUT2D eigenvalue weighted by atomic mass is 10.2. The van der Waals surface area contributed by atoms with Gasteiger partial charge in [0.05, 0.1) is 29.2 Å². The summed E-state index contributed by atoms with van der Waals surface area (Å²) in [7, 11) is -2.76. The van der Waals surface area contributed by atoms with Gasteiger partial charge in [-0.25, -0.2) is 8.42 Å². The first-order valence-electron chi connectivity index (χ1n) is 8.69. The predicted molar refractivity (Wildman–Crippen MR) is 107 cm³/mol. The smallest absolute Gasteiger partial charge is 0.326 e. The van der Waals surface area contributed by atoms with Gasteiger partial charge in [0.2, 0.25) is 0 Å². The molecule has 0 saturated carbocycles. The molecule has 29 heavy (non-hydrogen) atoms. The van der Waals surface area contributed by atoms with Gasteiger partial charge in [0, 0.05) is 12.1 Å². The van der Waals surface area contributed by atoms with Crippen molar-refractivity contribution in [2.75, 3.05) is 24.6 Å². The van der Waals surface area contributed by atoms with Crippen molar-refractivity contribution < 1.29 is 27.6 Å². The molecule has 0 bridgehead atoms. The number of esters is 1. The van der Waals surface area contributed by atoms with Crippen molar-refractivity contribution in [2.24, 2.45) is 0 Å². The van der Waals surface area contributed by atoms with Gasteiger partial charge in [-0.2, -0.15) is 0 Å². The molecule has 0 atom stereocenters. The molecule has 10 heteroatoms. The van der Waals surface area contributed by atoms with Gasteiger partial charge in [-0.3, -0.25) is 19.2 Å². The van der Waals surface area contributed by atoms with Crippen LogP contribution in [0, 0.1) is 24.0 Å². The molecule has 0 fully saturated rings. The Morgan fingerprint density at radius 3 is 2.38 bits per heavy atom. The van der Waals surface area contributed by atoms with E-state index >= 15 is 0 Å². The quantitative estimate of drug-likeness (QED) is 0.365. The van der Waals surface area contributed by atoms with Crippen LogP contribution < -0.4 is 9.04 Å². The molecule has 156 valence electrons. The molecule has 0 amide bonds. The number of sulfonamides is 1. The van der Waals surface area contributed by atoms with E-state index in [0.717, 1.165) is 10.4 Å². The lowest BCUT2D eigenvalue weighted by molar-refractivity contribution is -0.384. The highest BCUT2D eigenvalue weighted by atomic mass is 32.2. The second-order valence-corrected chi connectivity index (χ2v) is 8.04. The summed E-state index contributed by atoms with van der Waals surface area (Å²) in [5.74, 6) is -0.264. The maximum Gasteiger partial charge on any atom is 0.326 e. The third kappa shape index (κ3) is 4.83. The Morgan fingerprint density at radius 1 is 1.14 bits per heavy atom. The molecular formula is C19H22N2O7S. The highest BCUT2D eigenvalue weighted by Gasteiger charge is 2.30. The Hall–Kier alpha value is -3.14. The molecule has 0 heterocycles. The average molecular weight is 422 g/mol. The number of anilines is 1. The zero-order valence-corrected chi connectivity index (χ0v) is 17.4. The average Bonchev–Trinajstić information content (AvgIpc) is 2.66. The maximum atomic E-state index is 13.4. The molecular weight excluding hydrogens is 400 g/mol. The number of carbonyl (C=O) groups is 1. The number of carbonyl (C=O) groups excluding carboxylic acids is 1. The lowest BCUT2D eigenvalue weighted by Crippen LogP contribution is -2.37. The van der Waals surface area contributed by atoms with Crippen molar-refractivity contribution in [3.63, 3.8) is 0 Å². The molecule has 0 aliphatic heterocycles. The maximum absolute atomic E-state index is 13.4. The van der Waals surface area contributed by atoms with Crippen molar-refractivity contribution in [3.8, 4) is 5.75 Å². The van der Waals surface area contributed by atoms with E-state index in [1.54, 1.807) is 20.8 Å². The highest BCUT2D eigenvalue weighted by molar-refractivity contribution is 7.92. The molecule has 0 spiro atoms. The third-order valence-corrected chi connectivity index (χ3v) is 5.96. The van der Waals surface area contributed by atoms with Crippen LogP contribution in [0.4, 0.5) is 11.4 Å². The van der Waals surface area contributed by atoms with E-state index in [1.807, 2.05) is 0 Å². The largest absolute Gasteiger partial charge is 0.496 e. The molecule has 0 unspecified atom stereocenters. The number of non-ortho nitro benzene ring substituents is 1. The summed E-state index contributed by atoms with van der Waals surface area (Å²) in [6, 6.07) is 8.10. The van der Waals surface area contributed by atoms with E-state index in [2.05, 4.69) is 0 Å². The van der Waals surface area contributed by atoms with Crippen molar-refractivity contribution >= 4 is 27.4 Å². The number of methoxy groups -OCH3 is 1. The second kappa shape index (κ2) is 8.91. The summed E-state index contributed by atoms with van der Waals surface area (Å²) in [6.45, 7) is 4.34. The minimum absolute atomic E-state index is 0.0284. The Kier molecular flexibility index (Phi) is 6.80. The van der Waals surface area contributed by atoms with Crippen molar-refractivity contribution in [2.45, 2.75) is 25.7 Å². The van der Waals surface area contributed by atoms with Gasteiger partial charge in [-0.15, -0.1) is 0 Å². The van der Waals surface area contributed by atoms with Crippen LogP contribution in [-0.2, 0) is 19.6 Å². The first-order valence-corrected chi connectivity index (χ1v) is 10.1. The molecule has 0 radical (unpaired) electrons. The molecule has 0 aliphatic carbocycles. The Morgan fingerprint density at radius 2 is 1.83 bits per heavy atom. The molecule has 2 aromatic rings. The minimum atomic E-state index is -4.23. The summed E-state index contributed by atoms with van der Waals surface area (Å²) in [5.41, 5.74) is 0.774. The lowest BCUT2D eigenvalue weighted by Gasteiger charge is -2.25. The van der Waals surface area contributed by atoms with Crippen LogP contribution in [0.3, 0.4) is 0 Å². The van der Waals surface area contributed by atoms with E-state index in [4.69, 9.17) is 9.47 Å². The van der Waals surface area contributed by atoms with Gasteiger partial charge in [0.1, 0.15) is 12.3 Å². The monoisotopic (exact) mass is 422 g/mol. The van der Waals surface area contributed by atoms with Crippen LogP contribution in [0.2, 0.25) is 0 Å². The number of nitro benzene ring substituents is 1. The predicted octanol–water partition coefficient (Wildman–Crippen LogP) is 2.98. The molecule has 0 aliphatic rings. The van der Waals surface area contributed by atoms with Crippen molar-refractivity contribution in [1.29, 1.82) is 0 Å². The second-order valence-electron chi connectivity index (χ2n) is 6.18. The van der Waals surface area contributed by atoms with E-state index in [0.29, 0.717) is 16.9 Å². The Balaban J connectivity index is 2.64. The number of hydrogen-bond acceptors (Lipinski definition) is 7. The topological polar surface area (TPSA) is 116 Å². The number of aryl methyl sites for hydroxylation is 2. The van der Waals surface area contributed by atoms with Gasteiger partial charge in [0.15, 0.2) is 0 Å². The van der Waals surface area contributed by atoms with E-state index in [9.17, 15) is 23.3 Å². The first kappa shape index (κ1) is 22.2. The molecule has 2 aromatic carbocycles. The van der Waals surface area contributed by atoms with Gasteiger partial charge in [-0.1, -0.05) is 6.07 Å². The fourth-order valence-electron chi connectivity index (χ4n) is 2.74. The van der Waals surface area contributed by atoms with Crippen molar-refractivity contribution in [1.82, 2.24) is 0 Å². The van der Waals surface area contributed by atoms with Crippen LogP contribution in [-0.4, -0.2) is 39.6 Å². The third-order valence-electron chi connectivity index (χ3n) is 4.20. The van der Waals surface area contributed by atoms with Crippen LogP contribution in [0.1, 0.15) is 18.1 Å². The van der Waals surface area contributed by atoms with Gasteiger partial charge in [-0.05, 0) is 50.1 Å². The van der Waals surface area contributed by atoms with E-state index in [1.165, 1.54) is 37.4 Å². The summed E-state index contributed by atoms with van der Waals surface area (Å²) < 4.78 is 37.6. The minimum Gasteiger partial charge on any atom is -0.496 e. The van der Waals surface area contributed by atoms with E-state index < -0.39 is 27.5 Å². The molecule has 9 nitrogen and oxygen atoms in total. The summed E-state index contributed by atoms with van der Waals surface area (Å²) in [5, 5.41) is 11.2. The number of nitrogens with zero attached hydrogens (tertiary/aromatic N) is 2. The number of ether oxygens (including phenoxy) is 2. The van der Waals surface area contributed by atoms with Crippen LogP contribution in [0.25, 0.3) is 0 Å². The van der Waals surface area contributed by atoms with Crippen LogP contribution >= 0.6 is 0 Å². The number of nitro groups is 1. The summed E-state index contributed by atoms with van der Waals surface area (Å²) in [4.78, 5) is 22.6. The SMILES string of the molecule is CCOC(=O)CN(c1cc([N+](=O)[O-])ccc1C)S(=O)(=O)c1ccc(OC)c(C)c1. The standard InChI is InChI=1S/C19H22N2O7S/c1-5-28-19(22)12-20(17-11-15(21(23)24)7-6-13(17)2)29(25,26)16-8-9-18(27-4)14(3)10-16/h6-11H,5,12H2,1-4H3. The summed E-state index contributed by atoms with van der Waals surface area (Å²) in [6.07, 6.45) is 0. The van der Waals surface area contributed by atoms with Gasteiger partial charge in [0.25, 0.3) is 15.7 Å². The molecule has 0 N–H and O–H groups in total.